The van der Waals surface area contributed by atoms with Gasteiger partial charge in [0.15, 0.2) is 34.0 Å². The summed E-state index contributed by atoms with van der Waals surface area (Å²) in [6.07, 6.45) is -2.81. The van der Waals surface area contributed by atoms with Gasteiger partial charge < -0.3 is 25.4 Å². The van der Waals surface area contributed by atoms with Crippen LogP contribution >= 0.6 is 15.9 Å². The number of aromatic nitrogens is 4. The van der Waals surface area contributed by atoms with Gasteiger partial charge in [-0.2, -0.15) is 0 Å². The Balaban J connectivity index is 2.10. The van der Waals surface area contributed by atoms with Gasteiger partial charge in [0.1, 0.15) is 18.5 Å². The van der Waals surface area contributed by atoms with Crippen LogP contribution in [0.5, 0.6) is 0 Å². The van der Waals surface area contributed by atoms with E-state index in [0.717, 1.165) is 0 Å². The zero-order valence-corrected chi connectivity index (χ0v) is 13.5. The van der Waals surface area contributed by atoms with Gasteiger partial charge in [-0.15, -0.1) is 0 Å². The first-order valence-corrected chi connectivity index (χ1v) is 7.48. The van der Waals surface area contributed by atoms with Crippen LogP contribution in [-0.4, -0.2) is 60.6 Å². The Morgan fingerprint density at radius 2 is 2.30 bits per heavy atom. The topological polar surface area (TPSA) is 146 Å². The van der Waals surface area contributed by atoms with E-state index >= 15 is 0 Å². The second-order valence-electron chi connectivity index (χ2n) is 4.99. The molecule has 2 aromatic heterocycles. The van der Waals surface area contributed by atoms with Crippen molar-refractivity contribution in [1.29, 1.82) is 0 Å². The summed E-state index contributed by atoms with van der Waals surface area (Å²) in [6.45, 7) is 0.786. The second kappa shape index (κ2) is 6.00. The van der Waals surface area contributed by atoms with Gasteiger partial charge in [0, 0.05) is 6.92 Å². The number of carbonyl (C=O) groups excluding carboxylic acids is 1. The van der Waals surface area contributed by atoms with E-state index in [4.69, 9.17) is 15.2 Å². The van der Waals surface area contributed by atoms with Crippen LogP contribution in [0, 0.1) is 0 Å². The van der Waals surface area contributed by atoms with Crippen molar-refractivity contribution < 1.29 is 24.5 Å². The van der Waals surface area contributed by atoms with Gasteiger partial charge >= 0.3 is 5.97 Å². The minimum atomic E-state index is -1.20. The quantitative estimate of drug-likeness (QED) is 0.461. The number of hydrogen-bond acceptors (Lipinski definition) is 9. The highest BCUT2D eigenvalue weighted by molar-refractivity contribution is 9.10. The smallest absolute Gasteiger partial charge is 0.303 e. The van der Waals surface area contributed by atoms with Crippen molar-refractivity contribution in [3.05, 3.63) is 11.1 Å². The lowest BCUT2D eigenvalue weighted by molar-refractivity contribution is -0.155. The van der Waals surface area contributed by atoms with Gasteiger partial charge in [0.05, 0.1) is 6.61 Å². The zero-order valence-electron chi connectivity index (χ0n) is 12.0. The van der Waals surface area contributed by atoms with Gasteiger partial charge in [-0.1, -0.05) is 0 Å². The number of halogens is 1. The van der Waals surface area contributed by atoms with Crippen molar-refractivity contribution in [1.82, 2.24) is 19.5 Å². The number of rotatable bonds is 3. The fraction of sp³-hybridized carbons (Fsp3) is 0.500. The molecule has 3 rings (SSSR count). The fourth-order valence-electron chi connectivity index (χ4n) is 2.52. The summed E-state index contributed by atoms with van der Waals surface area (Å²) in [4.78, 5) is 23.5. The SMILES string of the molecule is CC(=O)O[C@@H]1[C@H](O)[C@@H](CO)O[C@H]1n1c(Br)nc2c(N)ncnc21. The highest BCUT2D eigenvalue weighted by Crippen LogP contribution is 2.36. The molecule has 0 amide bonds. The molecule has 0 bridgehead atoms. The van der Waals surface area contributed by atoms with E-state index in [1.807, 2.05) is 0 Å². The third-order valence-corrected chi connectivity index (χ3v) is 4.07. The maximum absolute atomic E-state index is 11.3. The van der Waals surface area contributed by atoms with E-state index in [1.54, 1.807) is 0 Å². The first-order valence-electron chi connectivity index (χ1n) is 6.69. The molecular formula is C12H14BrN5O5. The number of carbonyl (C=O) groups is 1. The molecule has 124 valence electrons. The minimum absolute atomic E-state index is 0.177. The van der Waals surface area contributed by atoms with Gasteiger partial charge in [-0.25, -0.2) is 15.0 Å². The number of aliphatic hydroxyl groups is 2. The number of esters is 1. The van der Waals surface area contributed by atoms with Gasteiger partial charge in [-0.3, -0.25) is 9.36 Å². The van der Waals surface area contributed by atoms with Crippen LogP contribution < -0.4 is 5.73 Å². The molecule has 1 saturated heterocycles. The number of nitrogens with two attached hydrogens (primary N) is 1. The molecule has 1 fully saturated rings. The van der Waals surface area contributed by atoms with Crippen molar-refractivity contribution in [2.75, 3.05) is 12.3 Å². The Morgan fingerprint density at radius 1 is 1.57 bits per heavy atom. The molecule has 0 aliphatic carbocycles. The summed E-state index contributed by atoms with van der Waals surface area (Å²) in [5.74, 6) is -0.410. The molecule has 0 aromatic carbocycles. The summed E-state index contributed by atoms with van der Waals surface area (Å²) in [7, 11) is 0. The van der Waals surface area contributed by atoms with Crippen LogP contribution in [0.25, 0.3) is 11.2 Å². The van der Waals surface area contributed by atoms with E-state index in [1.165, 1.54) is 17.8 Å². The number of anilines is 1. The lowest BCUT2D eigenvalue weighted by Crippen LogP contribution is -2.36. The van der Waals surface area contributed by atoms with E-state index in [2.05, 4.69) is 30.9 Å². The Morgan fingerprint density at radius 3 is 2.96 bits per heavy atom. The van der Waals surface area contributed by atoms with Crippen molar-refractivity contribution in [2.45, 2.75) is 31.5 Å². The molecule has 11 heteroatoms. The zero-order chi connectivity index (χ0) is 16.7. The van der Waals surface area contributed by atoms with Crippen LogP contribution in [0.1, 0.15) is 13.2 Å². The maximum Gasteiger partial charge on any atom is 0.303 e. The lowest BCUT2D eigenvalue weighted by Gasteiger charge is -2.21. The normalized spacial score (nSPS) is 27.5. The highest BCUT2D eigenvalue weighted by atomic mass is 79.9. The predicted octanol–water partition coefficient (Wildman–Crippen LogP) is -0.647. The average molecular weight is 388 g/mol. The molecule has 0 saturated carbocycles. The molecule has 23 heavy (non-hydrogen) atoms. The van der Waals surface area contributed by atoms with Crippen LogP contribution in [0.3, 0.4) is 0 Å². The number of aliphatic hydroxyl groups excluding tert-OH is 2. The average Bonchev–Trinajstić information content (AvgIpc) is 2.98. The summed E-state index contributed by atoms with van der Waals surface area (Å²) < 4.78 is 12.6. The molecular weight excluding hydrogens is 374 g/mol. The maximum atomic E-state index is 11.3. The molecule has 3 heterocycles. The number of nitrogen functional groups attached to an aromatic ring is 1. The summed E-state index contributed by atoms with van der Waals surface area (Å²) in [6, 6.07) is 0. The molecule has 0 radical (unpaired) electrons. The molecule has 10 nitrogen and oxygen atoms in total. The van der Waals surface area contributed by atoms with Crippen molar-refractivity contribution in [3.63, 3.8) is 0 Å². The van der Waals surface area contributed by atoms with E-state index in [-0.39, 0.29) is 5.82 Å². The van der Waals surface area contributed by atoms with Crippen LogP contribution in [-0.2, 0) is 14.3 Å². The molecule has 4 N–H and O–H groups in total. The Kier molecular flexibility index (Phi) is 4.19. The summed E-state index contributed by atoms with van der Waals surface area (Å²) in [5, 5.41) is 19.5. The number of ether oxygens (including phenoxy) is 2. The largest absolute Gasteiger partial charge is 0.455 e. The Hall–Kier alpha value is -1.82. The molecule has 1 aliphatic rings. The van der Waals surface area contributed by atoms with Gasteiger partial charge in [0.25, 0.3) is 0 Å². The molecule has 0 unspecified atom stereocenters. The van der Waals surface area contributed by atoms with E-state index in [9.17, 15) is 15.0 Å². The van der Waals surface area contributed by atoms with E-state index in [0.29, 0.717) is 15.9 Å². The Bertz CT molecular complexity index is 753. The van der Waals surface area contributed by atoms with Crippen molar-refractivity contribution >= 4 is 38.9 Å². The van der Waals surface area contributed by atoms with Crippen LogP contribution in [0.2, 0.25) is 0 Å². The lowest BCUT2D eigenvalue weighted by atomic mass is 10.1. The van der Waals surface area contributed by atoms with Gasteiger partial charge in [0.2, 0.25) is 0 Å². The Labute approximate surface area is 138 Å². The fourth-order valence-corrected chi connectivity index (χ4v) is 3.07. The minimum Gasteiger partial charge on any atom is -0.455 e. The standard InChI is InChI=1S/C12H14BrN5O5/c1-4(20)22-8-7(21)5(2-19)23-11(8)18-10-6(17-12(18)13)9(14)15-3-16-10/h3,5,7-8,11,19,21H,2H2,1H3,(H2,14,15,16)/t5-,7-,8-,11-/m1/s1. The number of nitrogens with zero attached hydrogens (tertiary/aromatic N) is 4. The molecule has 1 aliphatic heterocycles. The number of fused-ring (bicyclic) bond motifs is 1. The third kappa shape index (κ3) is 2.65. The molecule has 2 aromatic rings. The summed E-state index contributed by atoms with van der Waals surface area (Å²) in [5.41, 5.74) is 6.45. The van der Waals surface area contributed by atoms with E-state index < -0.39 is 37.1 Å². The first-order chi connectivity index (χ1) is 10.9. The highest BCUT2D eigenvalue weighted by Gasteiger charge is 2.48. The van der Waals surface area contributed by atoms with Crippen LogP contribution in [0.15, 0.2) is 11.1 Å². The third-order valence-electron chi connectivity index (χ3n) is 3.51. The van der Waals surface area contributed by atoms with Crippen LogP contribution in [0.4, 0.5) is 5.82 Å². The van der Waals surface area contributed by atoms with Crippen molar-refractivity contribution in [3.8, 4) is 0 Å². The van der Waals surface area contributed by atoms with Gasteiger partial charge in [-0.05, 0) is 15.9 Å². The first kappa shape index (κ1) is 16.1. The monoisotopic (exact) mass is 387 g/mol. The second-order valence-corrected chi connectivity index (χ2v) is 5.70. The molecule has 0 spiro atoms. The summed E-state index contributed by atoms with van der Waals surface area (Å²) >= 11 is 3.27. The number of imidazole rings is 1. The number of hydrogen-bond donors (Lipinski definition) is 3. The molecule has 4 atom stereocenters. The van der Waals surface area contributed by atoms with Crippen molar-refractivity contribution in [2.24, 2.45) is 0 Å². The predicted molar refractivity (Wildman–Crippen MR) is 80.0 cm³/mol.